The maximum atomic E-state index is 11.4. The summed E-state index contributed by atoms with van der Waals surface area (Å²) in [6, 6.07) is 4.08. The Kier molecular flexibility index (Phi) is 3.06. The van der Waals surface area contributed by atoms with Crippen LogP contribution < -0.4 is 9.47 Å². The normalized spacial score (nSPS) is 25.4. The number of Topliss-reactive ketones (excluding diaryl/α,β-unsaturated/α-hetero) is 1. The molecule has 1 saturated carbocycles. The molecule has 1 heterocycles. The Bertz CT molecular complexity index is 498. The highest BCUT2D eigenvalue weighted by Gasteiger charge is 2.42. The number of hydrogen-bond donors (Lipinski definition) is 0. The molecular weight excluding hydrogens is 296 g/mol. The van der Waals surface area contributed by atoms with Crippen LogP contribution in [0, 0.1) is 5.92 Å². The van der Waals surface area contributed by atoms with E-state index in [1.54, 1.807) is 6.92 Å². The van der Waals surface area contributed by atoms with Gasteiger partial charge in [-0.15, -0.1) is 0 Å². The first-order chi connectivity index (χ1) is 8.66. The highest BCUT2D eigenvalue weighted by molar-refractivity contribution is 9.10. The number of halogens is 1. The van der Waals surface area contributed by atoms with E-state index in [0.29, 0.717) is 19.1 Å². The minimum atomic E-state index is 0.196. The molecule has 18 heavy (non-hydrogen) atoms. The number of ketones is 1. The Labute approximate surface area is 115 Å². The molecular formula is C14H15BrO3. The van der Waals surface area contributed by atoms with Crippen LogP contribution in [0.15, 0.2) is 16.6 Å². The lowest BCUT2D eigenvalue weighted by Gasteiger charge is -2.11. The summed E-state index contributed by atoms with van der Waals surface area (Å²) in [5, 5.41) is 0. The van der Waals surface area contributed by atoms with E-state index in [0.717, 1.165) is 28.8 Å². The van der Waals surface area contributed by atoms with Crippen molar-refractivity contribution < 1.29 is 14.3 Å². The lowest BCUT2D eigenvalue weighted by atomic mass is 10.1. The third-order valence-electron chi connectivity index (χ3n) is 3.57. The average molecular weight is 311 g/mol. The lowest BCUT2D eigenvalue weighted by Crippen LogP contribution is -1.97. The number of carbonyl (C=O) groups excluding carboxylic acids is 1. The Morgan fingerprint density at radius 2 is 2.11 bits per heavy atom. The molecule has 1 aliphatic carbocycles. The highest BCUT2D eigenvalue weighted by atomic mass is 79.9. The number of hydrogen-bond acceptors (Lipinski definition) is 3. The molecule has 0 spiro atoms. The fourth-order valence-corrected chi connectivity index (χ4v) is 3.05. The molecule has 1 aliphatic heterocycles. The van der Waals surface area contributed by atoms with Gasteiger partial charge in [0.15, 0.2) is 11.5 Å². The summed E-state index contributed by atoms with van der Waals surface area (Å²) in [6.45, 7) is 3.04. The molecule has 2 unspecified atom stereocenters. The molecule has 4 heteroatoms. The van der Waals surface area contributed by atoms with Crippen molar-refractivity contribution in [2.75, 3.05) is 13.2 Å². The van der Waals surface area contributed by atoms with E-state index in [1.165, 1.54) is 5.56 Å². The summed E-state index contributed by atoms with van der Waals surface area (Å²) in [6.07, 6.45) is 1.86. The van der Waals surface area contributed by atoms with Crippen molar-refractivity contribution in [3.8, 4) is 11.5 Å². The third kappa shape index (κ3) is 2.14. The van der Waals surface area contributed by atoms with Gasteiger partial charge in [0.05, 0.1) is 17.7 Å². The van der Waals surface area contributed by atoms with Gasteiger partial charge < -0.3 is 9.47 Å². The van der Waals surface area contributed by atoms with E-state index in [2.05, 4.69) is 22.0 Å². The maximum Gasteiger partial charge on any atom is 0.175 e. The van der Waals surface area contributed by atoms with Crippen molar-refractivity contribution in [2.24, 2.45) is 5.92 Å². The van der Waals surface area contributed by atoms with Gasteiger partial charge in [0.2, 0.25) is 0 Å². The molecule has 0 amide bonds. The maximum absolute atomic E-state index is 11.4. The molecule has 1 aromatic rings. The zero-order chi connectivity index (χ0) is 12.7. The monoisotopic (exact) mass is 310 g/mol. The Balaban J connectivity index is 1.92. The largest absolute Gasteiger partial charge is 0.490 e. The van der Waals surface area contributed by atoms with Crippen molar-refractivity contribution in [2.45, 2.75) is 25.7 Å². The van der Waals surface area contributed by atoms with E-state index in [4.69, 9.17) is 9.47 Å². The number of rotatable bonds is 2. The molecule has 2 atom stereocenters. The van der Waals surface area contributed by atoms with Crippen LogP contribution in [-0.4, -0.2) is 19.0 Å². The topological polar surface area (TPSA) is 35.5 Å². The SMILES string of the molecule is CC(=O)C1CC1c1cc(Br)c2c(c1)OCCCO2. The molecule has 0 aromatic heterocycles. The van der Waals surface area contributed by atoms with Crippen molar-refractivity contribution >= 4 is 21.7 Å². The smallest absolute Gasteiger partial charge is 0.175 e. The van der Waals surface area contributed by atoms with Gasteiger partial charge in [-0.25, -0.2) is 0 Å². The van der Waals surface area contributed by atoms with Gasteiger partial charge in [-0.2, -0.15) is 0 Å². The molecule has 3 rings (SSSR count). The fourth-order valence-electron chi connectivity index (χ4n) is 2.48. The second-order valence-corrected chi connectivity index (χ2v) is 5.79. The van der Waals surface area contributed by atoms with Crippen LogP contribution in [0.25, 0.3) is 0 Å². The van der Waals surface area contributed by atoms with Crippen LogP contribution in [0.1, 0.15) is 31.2 Å². The molecule has 0 radical (unpaired) electrons. The standard InChI is InChI=1S/C14H15BrO3/c1-8(16)10-7-11(10)9-5-12(15)14-13(6-9)17-3-2-4-18-14/h5-6,10-11H,2-4,7H2,1H3. The first kappa shape index (κ1) is 12.0. The summed E-state index contributed by atoms with van der Waals surface area (Å²) >= 11 is 3.53. The summed E-state index contributed by atoms with van der Waals surface area (Å²) in [4.78, 5) is 11.4. The Morgan fingerprint density at radius 3 is 2.83 bits per heavy atom. The Hall–Kier alpha value is -1.03. The quantitative estimate of drug-likeness (QED) is 0.840. The second-order valence-electron chi connectivity index (χ2n) is 4.94. The summed E-state index contributed by atoms with van der Waals surface area (Å²) in [7, 11) is 0. The number of fused-ring (bicyclic) bond motifs is 1. The van der Waals surface area contributed by atoms with Crippen molar-refractivity contribution in [3.05, 3.63) is 22.2 Å². The van der Waals surface area contributed by atoms with Crippen LogP contribution in [0.4, 0.5) is 0 Å². The van der Waals surface area contributed by atoms with Crippen molar-refractivity contribution in [3.63, 3.8) is 0 Å². The van der Waals surface area contributed by atoms with E-state index in [9.17, 15) is 4.79 Å². The van der Waals surface area contributed by atoms with Gasteiger partial charge in [-0.1, -0.05) is 0 Å². The van der Waals surface area contributed by atoms with E-state index < -0.39 is 0 Å². The third-order valence-corrected chi connectivity index (χ3v) is 4.15. The van der Waals surface area contributed by atoms with Crippen LogP contribution in [0.2, 0.25) is 0 Å². The van der Waals surface area contributed by atoms with Gasteiger partial charge in [-0.05, 0) is 52.9 Å². The van der Waals surface area contributed by atoms with Crippen molar-refractivity contribution in [1.29, 1.82) is 0 Å². The minimum absolute atomic E-state index is 0.196. The fraction of sp³-hybridized carbons (Fsp3) is 0.500. The lowest BCUT2D eigenvalue weighted by molar-refractivity contribution is -0.118. The van der Waals surface area contributed by atoms with Gasteiger partial charge in [0.25, 0.3) is 0 Å². The highest BCUT2D eigenvalue weighted by Crippen LogP contribution is 2.51. The summed E-state index contributed by atoms with van der Waals surface area (Å²) in [5.41, 5.74) is 1.17. The summed E-state index contributed by atoms with van der Waals surface area (Å²) in [5.74, 6) is 2.42. The molecule has 0 saturated heterocycles. The van der Waals surface area contributed by atoms with E-state index in [-0.39, 0.29) is 11.7 Å². The predicted octanol–water partition coefficient (Wildman–Crippen LogP) is 3.30. The molecule has 96 valence electrons. The van der Waals surface area contributed by atoms with E-state index in [1.807, 2.05) is 6.07 Å². The molecule has 0 N–H and O–H groups in total. The number of ether oxygens (including phenoxy) is 2. The van der Waals surface area contributed by atoms with Gasteiger partial charge in [0, 0.05) is 12.3 Å². The van der Waals surface area contributed by atoms with Gasteiger partial charge in [-0.3, -0.25) is 4.79 Å². The van der Waals surface area contributed by atoms with Crippen LogP contribution >= 0.6 is 15.9 Å². The number of carbonyl (C=O) groups is 1. The Morgan fingerprint density at radius 1 is 1.33 bits per heavy atom. The van der Waals surface area contributed by atoms with Crippen LogP contribution in [0.5, 0.6) is 11.5 Å². The first-order valence-corrected chi connectivity index (χ1v) is 7.05. The average Bonchev–Trinajstić information content (AvgIpc) is 3.12. The molecule has 3 nitrogen and oxygen atoms in total. The first-order valence-electron chi connectivity index (χ1n) is 6.26. The molecule has 1 fully saturated rings. The van der Waals surface area contributed by atoms with Crippen LogP contribution in [0.3, 0.4) is 0 Å². The van der Waals surface area contributed by atoms with Crippen LogP contribution in [-0.2, 0) is 4.79 Å². The molecule has 1 aromatic carbocycles. The zero-order valence-corrected chi connectivity index (χ0v) is 11.8. The van der Waals surface area contributed by atoms with Gasteiger partial charge in [0.1, 0.15) is 5.78 Å². The predicted molar refractivity (Wildman–Crippen MR) is 71.3 cm³/mol. The minimum Gasteiger partial charge on any atom is -0.490 e. The zero-order valence-electron chi connectivity index (χ0n) is 10.2. The molecule has 2 aliphatic rings. The molecule has 0 bridgehead atoms. The number of benzene rings is 1. The van der Waals surface area contributed by atoms with E-state index >= 15 is 0 Å². The van der Waals surface area contributed by atoms with Gasteiger partial charge >= 0.3 is 0 Å². The second kappa shape index (κ2) is 4.57. The summed E-state index contributed by atoms with van der Waals surface area (Å²) < 4.78 is 12.3. The van der Waals surface area contributed by atoms with Crippen molar-refractivity contribution in [1.82, 2.24) is 0 Å².